The lowest BCUT2D eigenvalue weighted by Gasteiger charge is -2.55. The highest BCUT2D eigenvalue weighted by Crippen LogP contribution is 2.54. The van der Waals surface area contributed by atoms with Crippen molar-refractivity contribution in [1.29, 1.82) is 0 Å². The Morgan fingerprint density at radius 1 is 0.926 bits per heavy atom. The molecule has 0 N–H and O–H groups in total. The predicted molar refractivity (Wildman–Crippen MR) is 111 cm³/mol. The largest absolute Gasteiger partial charge is 0.321 e. The topological polar surface area (TPSA) is 34.2 Å². The van der Waals surface area contributed by atoms with E-state index >= 15 is 0 Å². The summed E-state index contributed by atoms with van der Waals surface area (Å²) in [6.45, 7) is 17.7. The molecule has 2 heterocycles. The first-order chi connectivity index (χ1) is 12.5. The van der Waals surface area contributed by atoms with Crippen LogP contribution < -0.4 is 0 Å². The summed E-state index contributed by atoms with van der Waals surface area (Å²) in [6.07, 6.45) is 8.89. The van der Waals surface area contributed by atoms with Crippen molar-refractivity contribution in [3.8, 4) is 0 Å². The van der Waals surface area contributed by atoms with E-state index < -0.39 is 8.53 Å². The lowest BCUT2D eigenvalue weighted by Crippen LogP contribution is -2.62. The van der Waals surface area contributed by atoms with Crippen molar-refractivity contribution in [3.05, 3.63) is 0 Å². The van der Waals surface area contributed by atoms with Gasteiger partial charge in [-0.05, 0) is 74.1 Å². The molecular formula is C21H41N2O3P. The zero-order chi connectivity index (χ0) is 19.9. The van der Waals surface area contributed by atoms with Crippen molar-refractivity contribution in [2.45, 2.75) is 122 Å². The smallest absolute Gasteiger partial charge is 0.259 e. The lowest BCUT2D eigenvalue weighted by atomic mass is 9.80. The molecule has 3 fully saturated rings. The van der Waals surface area contributed by atoms with Gasteiger partial charge < -0.3 is 9.05 Å². The van der Waals surface area contributed by atoms with Gasteiger partial charge in [-0.3, -0.25) is 4.84 Å². The Morgan fingerprint density at radius 3 is 2.07 bits per heavy atom. The fourth-order valence-corrected chi connectivity index (χ4v) is 6.69. The third kappa shape index (κ3) is 5.24. The van der Waals surface area contributed by atoms with Gasteiger partial charge in [-0.2, -0.15) is 5.06 Å². The standard InChI is InChI=1S/C21H41N2O3P/c1-19(2,3)22-13-14-24-27(22)26-18-15-20(4,5)23(21(6,7)16-18)25-17-11-9-8-10-12-17/h17-18H,8-16H2,1-7H3. The number of hydrogen-bond acceptors (Lipinski definition) is 5. The van der Waals surface area contributed by atoms with Crippen molar-refractivity contribution >= 4 is 8.53 Å². The Morgan fingerprint density at radius 2 is 1.52 bits per heavy atom. The maximum absolute atomic E-state index is 6.60. The third-order valence-electron chi connectivity index (χ3n) is 6.08. The van der Waals surface area contributed by atoms with E-state index in [0.29, 0.717) is 6.10 Å². The molecular weight excluding hydrogens is 359 g/mol. The molecule has 6 heteroatoms. The van der Waals surface area contributed by atoms with Crippen LogP contribution in [0.5, 0.6) is 0 Å². The van der Waals surface area contributed by atoms with E-state index in [1.807, 2.05) is 0 Å². The van der Waals surface area contributed by atoms with Crippen LogP contribution in [0, 0.1) is 0 Å². The molecule has 0 aromatic carbocycles. The Kier molecular flexibility index (Phi) is 6.63. The van der Waals surface area contributed by atoms with Gasteiger partial charge in [0.05, 0.1) is 18.8 Å². The van der Waals surface area contributed by atoms with Crippen LogP contribution in [-0.4, -0.2) is 51.7 Å². The van der Waals surface area contributed by atoms with Gasteiger partial charge in [-0.15, -0.1) is 0 Å². The van der Waals surface area contributed by atoms with Gasteiger partial charge in [0, 0.05) is 23.2 Å². The summed E-state index contributed by atoms with van der Waals surface area (Å²) >= 11 is 0. The average Bonchev–Trinajstić information content (AvgIpc) is 2.99. The summed E-state index contributed by atoms with van der Waals surface area (Å²) in [6, 6.07) is 0. The molecule has 1 unspecified atom stereocenters. The molecule has 0 amide bonds. The van der Waals surface area contributed by atoms with Gasteiger partial charge in [-0.1, -0.05) is 19.3 Å². The summed E-state index contributed by atoms with van der Waals surface area (Å²) in [5.41, 5.74) is -0.0188. The molecule has 2 aliphatic heterocycles. The number of piperidine rings is 1. The predicted octanol–water partition coefficient (Wildman–Crippen LogP) is 5.65. The van der Waals surface area contributed by atoms with E-state index in [1.165, 1.54) is 32.1 Å². The van der Waals surface area contributed by atoms with Crippen molar-refractivity contribution < 1.29 is 13.9 Å². The normalized spacial score (nSPS) is 31.4. The van der Waals surface area contributed by atoms with Crippen LogP contribution in [0.3, 0.4) is 0 Å². The molecule has 0 bridgehead atoms. The van der Waals surface area contributed by atoms with E-state index in [0.717, 1.165) is 26.0 Å². The van der Waals surface area contributed by atoms with Crippen LogP contribution >= 0.6 is 8.53 Å². The summed E-state index contributed by atoms with van der Waals surface area (Å²) in [7, 11) is -0.959. The molecule has 2 saturated heterocycles. The Bertz CT molecular complexity index is 482. The second-order valence-corrected chi connectivity index (χ2v) is 12.2. The zero-order valence-electron chi connectivity index (χ0n) is 18.6. The van der Waals surface area contributed by atoms with E-state index in [-0.39, 0.29) is 22.7 Å². The van der Waals surface area contributed by atoms with Crippen molar-refractivity contribution in [2.24, 2.45) is 0 Å². The number of nitrogens with zero attached hydrogens (tertiary/aromatic N) is 2. The molecule has 3 aliphatic rings. The van der Waals surface area contributed by atoms with Gasteiger partial charge in [0.2, 0.25) is 0 Å². The first kappa shape index (κ1) is 21.9. The molecule has 1 aliphatic carbocycles. The van der Waals surface area contributed by atoms with Crippen LogP contribution in [0.2, 0.25) is 0 Å². The first-order valence-electron chi connectivity index (χ1n) is 10.8. The molecule has 1 saturated carbocycles. The first-order valence-corrected chi connectivity index (χ1v) is 12.0. The molecule has 0 spiro atoms. The number of rotatable bonds is 4. The highest BCUT2D eigenvalue weighted by Gasteiger charge is 2.49. The molecule has 0 radical (unpaired) electrons. The van der Waals surface area contributed by atoms with Crippen LogP contribution in [0.1, 0.15) is 93.4 Å². The Labute approximate surface area is 168 Å². The SMILES string of the molecule is CC(C)(C)N1CCOP1OC1CC(C)(C)N(OC2CCCCC2)C(C)(C)C1. The van der Waals surface area contributed by atoms with Gasteiger partial charge >= 0.3 is 0 Å². The van der Waals surface area contributed by atoms with Crippen LogP contribution in [0.4, 0.5) is 0 Å². The van der Waals surface area contributed by atoms with E-state index in [4.69, 9.17) is 13.9 Å². The third-order valence-corrected chi connectivity index (χ3v) is 8.15. The fraction of sp³-hybridized carbons (Fsp3) is 1.00. The van der Waals surface area contributed by atoms with Crippen LogP contribution in [-0.2, 0) is 13.9 Å². The van der Waals surface area contributed by atoms with Crippen LogP contribution in [0.15, 0.2) is 0 Å². The van der Waals surface area contributed by atoms with Gasteiger partial charge in [0.15, 0.2) is 0 Å². The second kappa shape index (κ2) is 8.16. The minimum atomic E-state index is -0.959. The molecule has 3 rings (SSSR count). The minimum absolute atomic E-state index is 0.0501. The van der Waals surface area contributed by atoms with Crippen molar-refractivity contribution in [3.63, 3.8) is 0 Å². The summed E-state index contributed by atoms with van der Waals surface area (Å²) < 4.78 is 15.0. The number of hydroxylamine groups is 2. The molecule has 0 aromatic rings. The van der Waals surface area contributed by atoms with E-state index in [2.05, 4.69) is 58.2 Å². The van der Waals surface area contributed by atoms with Gasteiger partial charge in [0.1, 0.15) is 0 Å². The Hall–Kier alpha value is 0.230. The molecule has 0 aromatic heterocycles. The van der Waals surface area contributed by atoms with Crippen molar-refractivity contribution in [1.82, 2.24) is 9.73 Å². The summed E-state index contributed by atoms with van der Waals surface area (Å²) in [5, 5.41) is 2.31. The zero-order valence-corrected chi connectivity index (χ0v) is 19.5. The molecule has 27 heavy (non-hydrogen) atoms. The highest BCUT2D eigenvalue weighted by atomic mass is 31.2. The quantitative estimate of drug-likeness (QED) is 0.570. The van der Waals surface area contributed by atoms with Crippen LogP contribution in [0.25, 0.3) is 0 Å². The fourth-order valence-electron chi connectivity index (χ4n) is 5.00. The summed E-state index contributed by atoms with van der Waals surface area (Å²) in [5.74, 6) is 0. The summed E-state index contributed by atoms with van der Waals surface area (Å²) in [4.78, 5) is 6.60. The minimum Gasteiger partial charge on any atom is -0.321 e. The average molecular weight is 401 g/mol. The lowest BCUT2D eigenvalue weighted by molar-refractivity contribution is -0.316. The van der Waals surface area contributed by atoms with E-state index in [9.17, 15) is 0 Å². The van der Waals surface area contributed by atoms with Gasteiger partial charge in [0.25, 0.3) is 8.53 Å². The van der Waals surface area contributed by atoms with Gasteiger partial charge in [-0.25, -0.2) is 4.67 Å². The highest BCUT2D eigenvalue weighted by molar-refractivity contribution is 7.44. The monoisotopic (exact) mass is 400 g/mol. The maximum Gasteiger partial charge on any atom is 0.259 e. The second-order valence-electron chi connectivity index (χ2n) is 10.8. The Balaban J connectivity index is 1.66. The maximum atomic E-state index is 6.60. The molecule has 1 atom stereocenters. The molecule has 5 nitrogen and oxygen atoms in total. The number of hydrogen-bond donors (Lipinski definition) is 0. The van der Waals surface area contributed by atoms with E-state index in [1.54, 1.807) is 0 Å². The van der Waals surface area contributed by atoms with Crippen molar-refractivity contribution in [2.75, 3.05) is 13.2 Å². The molecule has 158 valence electrons.